The fourth-order valence-corrected chi connectivity index (χ4v) is 3.72. The van der Waals surface area contributed by atoms with Crippen molar-refractivity contribution in [1.82, 2.24) is 9.97 Å². The number of thiazole rings is 1. The molecular weight excluding hydrogens is 368 g/mol. The fraction of sp³-hybridized carbons (Fsp3) is 0.174. The lowest BCUT2D eigenvalue weighted by Crippen LogP contribution is -2.07. The molecule has 0 saturated heterocycles. The number of fused-ring (bicyclic) bond motifs is 1. The maximum absolute atomic E-state index is 12.3. The first kappa shape index (κ1) is 18.3. The Morgan fingerprint density at radius 3 is 2.57 bits per heavy atom. The summed E-state index contributed by atoms with van der Waals surface area (Å²) in [5, 5.41) is 3.84. The third-order valence-corrected chi connectivity index (χ3v) is 5.47. The molecule has 0 N–H and O–H groups in total. The van der Waals surface area contributed by atoms with Crippen LogP contribution in [-0.2, 0) is 11.3 Å². The minimum Gasteiger partial charge on any atom is -0.454 e. The van der Waals surface area contributed by atoms with E-state index in [1.54, 1.807) is 17.4 Å². The van der Waals surface area contributed by atoms with E-state index in [2.05, 4.69) is 48.1 Å². The smallest absolute Gasteiger partial charge is 0.357 e. The second kappa shape index (κ2) is 7.90. The first-order valence-electron chi connectivity index (χ1n) is 9.18. The van der Waals surface area contributed by atoms with Crippen molar-refractivity contribution in [2.45, 2.75) is 26.4 Å². The van der Waals surface area contributed by atoms with Crippen LogP contribution in [0.2, 0.25) is 0 Å². The number of rotatable bonds is 5. The van der Waals surface area contributed by atoms with Gasteiger partial charge in [-0.3, -0.25) is 0 Å². The lowest BCUT2D eigenvalue weighted by Gasteiger charge is -2.05. The standard InChI is InChI=1S/C23H20N2O2S/c1-15(2)16-7-9-18(10-8-16)22-24-19(14-28-22)13-27-23(26)21-12-11-17-5-3-4-6-20(17)25-21/h3-12,14-15H,13H2,1-2H3. The third kappa shape index (κ3) is 3.94. The largest absolute Gasteiger partial charge is 0.454 e. The van der Waals surface area contributed by atoms with E-state index < -0.39 is 5.97 Å². The first-order chi connectivity index (χ1) is 13.6. The van der Waals surface area contributed by atoms with Gasteiger partial charge in [0.2, 0.25) is 0 Å². The predicted molar refractivity (Wildman–Crippen MR) is 113 cm³/mol. The number of hydrogen-bond donors (Lipinski definition) is 0. The molecule has 2 heterocycles. The summed E-state index contributed by atoms with van der Waals surface area (Å²) in [4.78, 5) is 21.3. The number of benzene rings is 2. The molecular formula is C23H20N2O2S. The summed E-state index contributed by atoms with van der Waals surface area (Å²) in [5.74, 6) is 0.0608. The van der Waals surface area contributed by atoms with Crippen LogP contribution in [0.4, 0.5) is 0 Å². The highest BCUT2D eigenvalue weighted by Crippen LogP contribution is 2.26. The molecule has 0 amide bonds. The van der Waals surface area contributed by atoms with Gasteiger partial charge in [0.25, 0.3) is 0 Å². The quantitative estimate of drug-likeness (QED) is 0.403. The van der Waals surface area contributed by atoms with E-state index >= 15 is 0 Å². The van der Waals surface area contributed by atoms with Crippen LogP contribution in [0.25, 0.3) is 21.5 Å². The van der Waals surface area contributed by atoms with Gasteiger partial charge in [0.1, 0.15) is 17.3 Å². The van der Waals surface area contributed by atoms with E-state index in [4.69, 9.17) is 4.74 Å². The Morgan fingerprint density at radius 2 is 1.79 bits per heavy atom. The number of pyridine rings is 1. The SMILES string of the molecule is CC(C)c1ccc(-c2nc(COC(=O)c3ccc4ccccc4n3)cs2)cc1. The van der Waals surface area contributed by atoms with E-state index in [1.807, 2.05) is 35.7 Å². The molecule has 0 saturated carbocycles. The van der Waals surface area contributed by atoms with Crippen molar-refractivity contribution < 1.29 is 9.53 Å². The Labute approximate surface area is 167 Å². The summed E-state index contributed by atoms with van der Waals surface area (Å²) in [6.45, 7) is 4.48. The number of ether oxygens (including phenoxy) is 1. The third-order valence-electron chi connectivity index (χ3n) is 4.53. The second-order valence-electron chi connectivity index (χ2n) is 6.89. The van der Waals surface area contributed by atoms with Crippen molar-refractivity contribution in [3.63, 3.8) is 0 Å². The number of hydrogen-bond acceptors (Lipinski definition) is 5. The number of carbonyl (C=O) groups excluding carboxylic acids is 1. The molecule has 4 nitrogen and oxygen atoms in total. The molecule has 0 bridgehead atoms. The van der Waals surface area contributed by atoms with Crippen molar-refractivity contribution in [2.24, 2.45) is 0 Å². The zero-order chi connectivity index (χ0) is 19.5. The molecule has 0 radical (unpaired) electrons. The summed E-state index contributed by atoms with van der Waals surface area (Å²) < 4.78 is 5.41. The minimum absolute atomic E-state index is 0.133. The van der Waals surface area contributed by atoms with Gasteiger partial charge >= 0.3 is 5.97 Å². The van der Waals surface area contributed by atoms with Crippen molar-refractivity contribution in [3.8, 4) is 10.6 Å². The Bertz CT molecular complexity index is 1120. The van der Waals surface area contributed by atoms with Gasteiger partial charge in [0.15, 0.2) is 0 Å². The summed E-state index contributed by atoms with van der Waals surface area (Å²) in [7, 11) is 0. The molecule has 0 fully saturated rings. The molecule has 0 aliphatic rings. The molecule has 0 spiro atoms. The maximum Gasteiger partial charge on any atom is 0.357 e. The lowest BCUT2D eigenvalue weighted by atomic mass is 10.0. The molecule has 2 aromatic carbocycles. The highest BCUT2D eigenvalue weighted by Gasteiger charge is 2.12. The van der Waals surface area contributed by atoms with Crippen LogP contribution < -0.4 is 0 Å². The normalized spacial score (nSPS) is 11.1. The average Bonchev–Trinajstić information content (AvgIpc) is 3.21. The molecule has 0 aliphatic heterocycles. The number of carbonyl (C=O) groups is 1. The van der Waals surface area contributed by atoms with Gasteiger partial charge < -0.3 is 4.74 Å². The molecule has 140 valence electrons. The summed E-state index contributed by atoms with van der Waals surface area (Å²) in [6, 6.07) is 19.7. The van der Waals surface area contributed by atoms with Crippen LogP contribution in [0, 0.1) is 0 Å². The Balaban J connectivity index is 1.42. The van der Waals surface area contributed by atoms with E-state index in [1.165, 1.54) is 5.56 Å². The maximum atomic E-state index is 12.3. The molecule has 28 heavy (non-hydrogen) atoms. The van der Waals surface area contributed by atoms with E-state index in [9.17, 15) is 4.79 Å². The number of esters is 1. The molecule has 0 aliphatic carbocycles. The van der Waals surface area contributed by atoms with Crippen molar-refractivity contribution in [1.29, 1.82) is 0 Å². The summed E-state index contributed by atoms with van der Waals surface area (Å²) >= 11 is 1.55. The van der Waals surface area contributed by atoms with E-state index in [0.29, 0.717) is 11.6 Å². The number of para-hydroxylation sites is 1. The van der Waals surface area contributed by atoms with Crippen LogP contribution in [-0.4, -0.2) is 15.9 Å². The van der Waals surface area contributed by atoms with Crippen LogP contribution in [0.15, 0.2) is 66.0 Å². The Morgan fingerprint density at radius 1 is 1.00 bits per heavy atom. The Kier molecular flexibility index (Phi) is 5.17. The van der Waals surface area contributed by atoms with Crippen molar-refractivity contribution in [2.75, 3.05) is 0 Å². The fourth-order valence-electron chi connectivity index (χ4n) is 2.91. The molecule has 2 aromatic heterocycles. The van der Waals surface area contributed by atoms with Crippen LogP contribution in [0.3, 0.4) is 0 Å². The van der Waals surface area contributed by atoms with Crippen molar-refractivity contribution >= 4 is 28.2 Å². The summed E-state index contributed by atoms with van der Waals surface area (Å²) in [6.07, 6.45) is 0. The summed E-state index contributed by atoms with van der Waals surface area (Å²) in [5.41, 5.74) is 4.19. The highest BCUT2D eigenvalue weighted by molar-refractivity contribution is 7.13. The zero-order valence-corrected chi connectivity index (χ0v) is 16.6. The first-order valence-corrected chi connectivity index (χ1v) is 10.1. The topological polar surface area (TPSA) is 52.1 Å². The Hall–Kier alpha value is -3.05. The molecule has 0 atom stereocenters. The average molecular weight is 388 g/mol. The van der Waals surface area contributed by atoms with Crippen LogP contribution in [0.5, 0.6) is 0 Å². The van der Waals surface area contributed by atoms with Gasteiger partial charge in [-0.15, -0.1) is 11.3 Å². The van der Waals surface area contributed by atoms with Gasteiger partial charge in [0.05, 0.1) is 11.2 Å². The van der Waals surface area contributed by atoms with Crippen molar-refractivity contribution in [3.05, 3.63) is 83.0 Å². The molecule has 4 aromatic rings. The monoisotopic (exact) mass is 388 g/mol. The molecule has 5 heteroatoms. The second-order valence-corrected chi connectivity index (χ2v) is 7.74. The van der Waals surface area contributed by atoms with Crippen LogP contribution >= 0.6 is 11.3 Å². The van der Waals surface area contributed by atoms with Gasteiger partial charge in [-0.1, -0.05) is 62.4 Å². The van der Waals surface area contributed by atoms with Gasteiger partial charge in [-0.25, -0.2) is 14.8 Å². The van der Waals surface area contributed by atoms with E-state index in [-0.39, 0.29) is 6.61 Å². The van der Waals surface area contributed by atoms with Gasteiger partial charge in [-0.2, -0.15) is 0 Å². The zero-order valence-electron chi connectivity index (χ0n) is 15.8. The predicted octanol–water partition coefficient (Wildman–Crippen LogP) is 5.84. The molecule has 4 rings (SSSR count). The number of nitrogens with zero attached hydrogens (tertiary/aromatic N) is 2. The minimum atomic E-state index is -0.443. The molecule has 0 unspecified atom stereocenters. The highest BCUT2D eigenvalue weighted by atomic mass is 32.1. The van der Waals surface area contributed by atoms with Crippen LogP contribution in [0.1, 0.15) is 41.5 Å². The van der Waals surface area contributed by atoms with Gasteiger partial charge in [-0.05, 0) is 23.6 Å². The lowest BCUT2D eigenvalue weighted by molar-refractivity contribution is 0.0462. The van der Waals surface area contributed by atoms with Gasteiger partial charge in [0, 0.05) is 16.3 Å². The number of aromatic nitrogens is 2. The van der Waals surface area contributed by atoms with E-state index in [0.717, 1.165) is 27.2 Å².